The normalized spacial score (nSPS) is 14.2. The molecule has 3 rings (SSSR count). The van der Waals surface area contributed by atoms with E-state index in [4.69, 9.17) is 4.43 Å². The van der Waals surface area contributed by atoms with Gasteiger partial charge in [0.2, 0.25) is 0 Å². The zero-order chi connectivity index (χ0) is 28.5. The largest absolute Gasteiger partial charge is 0.409 e. The molecule has 0 unspecified atom stereocenters. The third-order valence-electron chi connectivity index (χ3n) is 7.73. The van der Waals surface area contributed by atoms with Crippen LogP contribution in [-0.2, 0) is 23.0 Å². The Hall–Kier alpha value is -2.25. The smallest absolute Gasteiger partial charge is 0.251 e. The Bertz CT molecular complexity index is 1310. The maximum Gasteiger partial charge on any atom is 0.251 e. The predicted molar refractivity (Wildman–Crippen MR) is 161 cm³/mol. The minimum Gasteiger partial charge on any atom is -0.409 e. The summed E-state index contributed by atoms with van der Waals surface area (Å²) in [6.07, 6.45) is 0.627. The van der Waals surface area contributed by atoms with Crippen LogP contribution in [0.25, 0.3) is 10.9 Å². The topological polar surface area (TPSA) is 63.5 Å². The number of aliphatic hydroxyl groups is 1. The van der Waals surface area contributed by atoms with Crippen molar-refractivity contribution in [2.75, 3.05) is 6.54 Å². The lowest BCUT2D eigenvalue weighted by Crippen LogP contribution is -2.47. The number of hydrogen-bond acceptors (Lipinski definition) is 4. The second kappa shape index (κ2) is 11.1. The summed E-state index contributed by atoms with van der Waals surface area (Å²) in [7, 11) is -2.13. The number of benzene rings is 2. The number of aliphatic hydroxyl groups excluding tert-OH is 1. The van der Waals surface area contributed by atoms with Gasteiger partial charge in [-0.3, -0.25) is 4.79 Å². The lowest BCUT2D eigenvalue weighted by molar-refractivity contribution is 0.168. The summed E-state index contributed by atoms with van der Waals surface area (Å²) in [4.78, 5) is 12.9. The SMILES string of the molecule is CC(C)(Cc1cccc(CO)c1)NC[C@H](O[Si](C)(C)C(C)(C)C)c1cc[c]c2c1ccc(=O)n2C(C)(C)C. The number of hydrogen-bond donors (Lipinski definition) is 2. The van der Waals surface area contributed by atoms with Crippen LogP contribution in [0.15, 0.2) is 53.3 Å². The fraction of sp³-hybridized carbons (Fsp3) is 0.531. The molecule has 3 aromatic rings. The van der Waals surface area contributed by atoms with Crippen LogP contribution in [0.4, 0.5) is 0 Å². The molecule has 0 aliphatic rings. The highest BCUT2D eigenvalue weighted by atomic mass is 28.4. The number of aromatic nitrogens is 1. The van der Waals surface area contributed by atoms with Crippen LogP contribution >= 0.6 is 0 Å². The van der Waals surface area contributed by atoms with Gasteiger partial charge >= 0.3 is 0 Å². The molecule has 0 fully saturated rings. The summed E-state index contributed by atoms with van der Waals surface area (Å²) in [5, 5.41) is 14.4. The van der Waals surface area contributed by atoms with Crippen molar-refractivity contribution in [1.29, 1.82) is 0 Å². The van der Waals surface area contributed by atoms with Crippen molar-refractivity contribution in [3.8, 4) is 0 Å². The van der Waals surface area contributed by atoms with Crippen molar-refractivity contribution in [1.82, 2.24) is 9.88 Å². The Morgan fingerprint density at radius 2 is 1.66 bits per heavy atom. The van der Waals surface area contributed by atoms with Gasteiger partial charge in [-0.1, -0.05) is 57.2 Å². The van der Waals surface area contributed by atoms with E-state index in [0.29, 0.717) is 6.54 Å². The van der Waals surface area contributed by atoms with Gasteiger partial charge in [0.1, 0.15) is 0 Å². The third kappa shape index (κ3) is 7.03. The minimum absolute atomic E-state index is 0.0235. The molecule has 1 radical (unpaired) electrons. The van der Waals surface area contributed by atoms with Gasteiger partial charge in [-0.05, 0) is 81.9 Å². The molecule has 2 N–H and O–H groups in total. The van der Waals surface area contributed by atoms with E-state index in [1.54, 1.807) is 6.07 Å². The van der Waals surface area contributed by atoms with Crippen LogP contribution in [0.3, 0.4) is 0 Å². The average Bonchev–Trinajstić information content (AvgIpc) is 2.79. The highest BCUT2D eigenvalue weighted by Gasteiger charge is 2.40. The number of nitrogens with one attached hydrogen (secondary N) is 1. The molecule has 1 aromatic heterocycles. The molecule has 0 saturated heterocycles. The van der Waals surface area contributed by atoms with E-state index in [9.17, 15) is 9.90 Å². The van der Waals surface area contributed by atoms with Gasteiger partial charge in [-0.15, -0.1) is 0 Å². The first-order valence-electron chi connectivity index (χ1n) is 13.6. The molecular formula is C32H47N2O3Si. The number of fused-ring (bicyclic) bond motifs is 1. The highest BCUT2D eigenvalue weighted by Crippen LogP contribution is 2.41. The molecule has 1 heterocycles. The van der Waals surface area contributed by atoms with Gasteiger partial charge in [-0.25, -0.2) is 0 Å². The molecule has 6 heteroatoms. The molecule has 1 atom stereocenters. The molecule has 2 aromatic carbocycles. The number of pyridine rings is 1. The summed E-state index contributed by atoms with van der Waals surface area (Å²) in [6.45, 7) is 22.6. The fourth-order valence-corrected chi connectivity index (χ4v) is 5.96. The van der Waals surface area contributed by atoms with Gasteiger partial charge in [0.15, 0.2) is 8.32 Å². The van der Waals surface area contributed by atoms with Gasteiger partial charge < -0.3 is 19.4 Å². The van der Waals surface area contributed by atoms with E-state index < -0.39 is 8.32 Å². The molecular weight excluding hydrogens is 488 g/mol. The highest BCUT2D eigenvalue weighted by molar-refractivity contribution is 6.74. The predicted octanol–water partition coefficient (Wildman–Crippen LogP) is 6.72. The third-order valence-corrected chi connectivity index (χ3v) is 12.2. The Morgan fingerprint density at radius 1 is 1.00 bits per heavy atom. The van der Waals surface area contributed by atoms with Crippen molar-refractivity contribution in [2.24, 2.45) is 0 Å². The van der Waals surface area contributed by atoms with E-state index >= 15 is 0 Å². The number of nitrogens with zero attached hydrogens (tertiary/aromatic N) is 1. The van der Waals surface area contributed by atoms with Crippen molar-refractivity contribution in [3.63, 3.8) is 0 Å². The Balaban J connectivity index is 2.03. The standard InChI is InChI=1S/C32H47N2O3Si/c1-30(2,3)34-27-16-12-15-26(25(27)17-18-29(34)36)28(37-38(9,10)31(4,5)6)21-33-32(7,8)20-23-13-11-14-24(19-23)22-35/h11-15,17-19,28,33,35H,20-22H2,1-10H3/t28-/m0/s1. The monoisotopic (exact) mass is 535 g/mol. The van der Waals surface area contributed by atoms with E-state index in [1.165, 1.54) is 5.56 Å². The molecule has 5 nitrogen and oxygen atoms in total. The summed E-state index contributed by atoms with van der Waals surface area (Å²) < 4.78 is 8.91. The fourth-order valence-electron chi connectivity index (χ4n) is 4.69. The zero-order valence-electron chi connectivity index (χ0n) is 25.0. The maximum atomic E-state index is 12.9. The van der Waals surface area contributed by atoms with E-state index in [1.807, 2.05) is 49.6 Å². The van der Waals surface area contributed by atoms with Gasteiger partial charge in [0.25, 0.3) is 5.56 Å². The molecule has 0 aliphatic carbocycles. The molecule has 0 spiro atoms. The van der Waals surface area contributed by atoms with Crippen LogP contribution < -0.4 is 10.9 Å². The Labute approximate surface area is 230 Å². The van der Waals surface area contributed by atoms with Crippen molar-refractivity contribution >= 4 is 19.2 Å². The van der Waals surface area contributed by atoms with Crippen LogP contribution in [-0.4, -0.2) is 30.1 Å². The lowest BCUT2D eigenvalue weighted by Gasteiger charge is -2.40. The van der Waals surface area contributed by atoms with Crippen molar-refractivity contribution in [3.05, 3.63) is 81.6 Å². The molecule has 0 saturated carbocycles. The van der Waals surface area contributed by atoms with Crippen LogP contribution in [0.2, 0.25) is 18.1 Å². The summed E-state index contributed by atoms with van der Waals surface area (Å²) >= 11 is 0. The van der Waals surface area contributed by atoms with Crippen LogP contribution in [0, 0.1) is 6.07 Å². The van der Waals surface area contributed by atoms with Gasteiger partial charge in [0, 0.05) is 35.1 Å². The maximum absolute atomic E-state index is 12.9. The van der Waals surface area contributed by atoms with Gasteiger partial charge in [0.05, 0.1) is 18.2 Å². The molecule has 207 valence electrons. The van der Waals surface area contributed by atoms with E-state index in [-0.39, 0.29) is 34.4 Å². The summed E-state index contributed by atoms with van der Waals surface area (Å²) in [5.41, 5.74) is 3.40. The first kappa shape index (κ1) is 30.3. The zero-order valence-corrected chi connectivity index (χ0v) is 26.0. The van der Waals surface area contributed by atoms with Crippen LogP contribution in [0.5, 0.6) is 0 Å². The first-order chi connectivity index (χ1) is 17.4. The number of rotatable bonds is 9. The van der Waals surface area contributed by atoms with E-state index in [0.717, 1.165) is 28.5 Å². The molecule has 38 heavy (non-hydrogen) atoms. The van der Waals surface area contributed by atoms with Crippen molar-refractivity contribution in [2.45, 2.75) is 104 Å². The summed E-state index contributed by atoms with van der Waals surface area (Å²) in [6, 6.07) is 19.1. The quantitative estimate of drug-likeness (QED) is 0.299. The Kier molecular flexibility index (Phi) is 8.84. The minimum atomic E-state index is -2.13. The van der Waals surface area contributed by atoms with Crippen molar-refractivity contribution < 1.29 is 9.53 Å². The second-order valence-corrected chi connectivity index (χ2v) is 18.4. The molecule has 0 aliphatic heterocycles. The first-order valence-corrected chi connectivity index (χ1v) is 16.5. The van der Waals surface area contributed by atoms with Gasteiger partial charge in [-0.2, -0.15) is 0 Å². The van der Waals surface area contributed by atoms with Crippen LogP contribution in [0.1, 0.15) is 78.2 Å². The second-order valence-electron chi connectivity index (χ2n) is 13.7. The average molecular weight is 536 g/mol. The molecule has 0 amide bonds. The van der Waals surface area contributed by atoms with E-state index in [2.05, 4.69) is 77.3 Å². The Morgan fingerprint density at radius 3 is 2.26 bits per heavy atom. The molecule has 0 bridgehead atoms. The summed E-state index contributed by atoms with van der Waals surface area (Å²) in [5.74, 6) is 0. The lowest BCUT2D eigenvalue weighted by atomic mass is 9.93.